The van der Waals surface area contributed by atoms with E-state index in [1.165, 1.54) is 19.3 Å². The Morgan fingerprint density at radius 1 is 1.50 bits per heavy atom. The molecule has 4 heavy (non-hydrogen) atoms. The Morgan fingerprint density at radius 2 is 1.75 bits per heavy atom. The molecular weight excluding hydrogens is 48.0 g/mol. The van der Waals surface area contributed by atoms with Gasteiger partial charge in [-0.1, -0.05) is 19.3 Å². The summed E-state index contributed by atoms with van der Waals surface area (Å²) in [6.45, 7) is 0. The quantitative estimate of drug-likeness (QED) is 0.394. The van der Waals surface area contributed by atoms with Crippen LogP contribution in [0.25, 0.3) is 0 Å². The minimum atomic E-state index is 0. The molecule has 0 spiro atoms. The molecule has 0 aromatic heterocycles. The van der Waals surface area contributed by atoms with Gasteiger partial charge >= 0.3 is 1.43 Å². The summed E-state index contributed by atoms with van der Waals surface area (Å²) in [4.78, 5) is 0. The van der Waals surface area contributed by atoms with E-state index >= 15 is 0 Å². The summed E-state index contributed by atoms with van der Waals surface area (Å²) >= 11 is 0. The molecule has 0 saturated heterocycles. The fraction of sp³-hybridized carbons (Fsp3) is 0.750. The highest BCUT2D eigenvalue weighted by Crippen LogP contribution is 2.13. The maximum atomic E-state index is 2.31. The lowest BCUT2D eigenvalue weighted by molar-refractivity contribution is 0.652. The number of hydrogen-bond donors (Lipinski definition) is 0. The fourth-order valence-corrected chi connectivity index (χ4v) is 0.204. The maximum absolute atomic E-state index is 2.31. The minimum absolute atomic E-state index is 0. The van der Waals surface area contributed by atoms with E-state index in [1.54, 1.807) is 0 Å². The van der Waals surface area contributed by atoms with Crippen LogP contribution in [0, 0.1) is 6.42 Å². The molecule has 0 aromatic rings. The van der Waals surface area contributed by atoms with Gasteiger partial charge < -0.3 is 0 Å². The summed E-state index contributed by atoms with van der Waals surface area (Å²) in [6.07, 6.45) is 6.50. The molecule has 0 heterocycles. The first kappa shape index (κ1) is 2.25. The Bertz CT molecular complexity index is 11.6. The first-order chi connectivity index (χ1) is 2.00. The molecule has 0 nitrogen and oxygen atoms in total. The molecule has 1 aliphatic carbocycles. The van der Waals surface area contributed by atoms with Gasteiger partial charge in [-0.2, -0.15) is 0 Å². The molecule has 1 fully saturated rings. The van der Waals surface area contributed by atoms with Crippen LogP contribution < -0.4 is 0 Å². The molecule has 0 bridgehead atoms. The average molecular weight is 56.1 g/mol. The Balaban J connectivity index is 0.000000160. The zero-order valence-corrected chi connectivity index (χ0v) is 2.70. The molecule has 0 aliphatic heterocycles. The van der Waals surface area contributed by atoms with E-state index in [0.717, 1.165) is 0 Å². The standard InChI is InChI=1S/C4H7/c1-2-4-3-1/h1H,2-4H2/p+1. The molecular formula is C4H8+. The van der Waals surface area contributed by atoms with E-state index in [2.05, 4.69) is 6.42 Å². The van der Waals surface area contributed by atoms with Crippen molar-refractivity contribution in [3.05, 3.63) is 6.42 Å². The SMILES string of the molecule is [CH]1CCC1.[H+]. The Kier molecular flexibility index (Phi) is 0.422. The van der Waals surface area contributed by atoms with Crippen LogP contribution in [0.4, 0.5) is 0 Å². The summed E-state index contributed by atoms with van der Waals surface area (Å²) in [5, 5.41) is 0. The summed E-state index contributed by atoms with van der Waals surface area (Å²) in [5.41, 5.74) is 0. The number of rotatable bonds is 0. The molecule has 1 aliphatic rings. The first-order valence-corrected chi connectivity index (χ1v) is 1.82. The summed E-state index contributed by atoms with van der Waals surface area (Å²) in [7, 11) is 0. The van der Waals surface area contributed by atoms with E-state index in [0.29, 0.717) is 0 Å². The second-order valence-corrected chi connectivity index (χ2v) is 1.22. The van der Waals surface area contributed by atoms with Crippen LogP contribution in [0.5, 0.6) is 0 Å². The average Bonchev–Trinajstić information content (AvgIpc) is 0.722. The van der Waals surface area contributed by atoms with Gasteiger partial charge in [-0.15, -0.1) is 0 Å². The molecule has 23 valence electrons. The van der Waals surface area contributed by atoms with Gasteiger partial charge in [-0.25, -0.2) is 0 Å². The predicted octanol–water partition coefficient (Wildman–Crippen LogP) is 1.49. The zero-order valence-electron chi connectivity index (χ0n) is 3.70. The normalized spacial score (nSPS) is 24.0. The molecule has 0 N–H and O–H groups in total. The molecule has 1 saturated carbocycles. The van der Waals surface area contributed by atoms with Crippen molar-refractivity contribution >= 4 is 0 Å². The monoisotopic (exact) mass is 56.1 g/mol. The van der Waals surface area contributed by atoms with Gasteiger partial charge in [0.2, 0.25) is 0 Å². The van der Waals surface area contributed by atoms with Crippen molar-refractivity contribution in [1.29, 1.82) is 0 Å². The molecule has 0 atom stereocenters. The largest absolute Gasteiger partial charge is 1.00 e. The summed E-state index contributed by atoms with van der Waals surface area (Å²) in [5.74, 6) is 0. The lowest BCUT2D eigenvalue weighted by atomic mass is 10.0. The first-order valence-electron chi connectivity index (χ1n) is 1.82. The molecule has 0 heteroatoms. The van der Waals surface area contributed by atoms with Crippen LogP contribution >= 0.6 is 0 Å². The van der Waals surface area contributed by atoms with E-state index in [-0.39, 0.29) is 1.43 Å². The lowest BCUT2D eigenvalue weighted by Crippen LogP contribution is -1.87. The molecule has 1 radical (unpaired) electrons. The number of hydrogen-bond acceptors (Lipinski definition) is 0. The lowest BCUT2D eigenvalue weighted by Gasteiger charge is -2.05. The third-order valence-corrected chi connectivity index (χ3v) is 0.816. The summed E-state index contributed by atoms with van der Waals surface area (Å²) < 4.78 is 0. The van der Waals surface area contributed by atoms with Gasteiger partial charge in [-0.05, 0) is 6.42 Å². The van der Waals surface area contributed by atoms with Crippen LogP contribution in [-0.2, 0) is 0 Å². The van der Waals surface area contributed by atoms with Crippen molar-refractivity contribution in [3.8, 4) is 0 Å². The van der Waals surface area contributed by atoms with Crippen molar-refractivity contribution in [1.82, 2.24) is 0 Å². The van der Waals surface area contributed by atoms with Gasteiger partial charge in [0.15, 0.2) is 0 Å². The van der Waals surface area contributed by atoms with E-state index < -0.39 is 0 Å². The van der Waals surface area contributed by atoms with Crippen LogP contribution in [0.1, 0.15) is 20.7 Å². The second-order valence-electron chi connectivity index (χ2n) is 1.22. The Hall–Kier alpha value is 0. The van der Waals surface area contributed by atoms with Crippen molar-refractivity contribution in [2.45, 2.75) is 19.3 Å². The van der Waals surface area contributed by atoms with Crippen molar-refractivity contribution in [2.75, 3.05) is 0 Å². The topological polar surface area (TPSA) is 0 Å². The van der Waals surface area contributed by atoms with Crippen LogP contribution in [0.3, 0.4) is 0 Å². The van der Waals surface area contributed by atoms with Gasteiger partial charge in [0.1, 0.15) is 0 Å². The van der Waals surface area contributed by atoms with Crippen LogP contribution in [0.2, 0.25) is 0 Å². The van der Waals surface area contributed by atoms with E-state index in [4.69, 9.17) is 0 Å². The second kappa shape index (κ2) is 0.750. The Morgan fingerprint density at radius 3 is 1.75 bits per heavy atom. The molecule has 0 aromatic carbocycles. The molecule has 1 rings (SSSR count). The van der Waals surface area contributed by atoms with Gasteiger partial charge in [0, 0.05) is 0 Å². The van der Waals surface area contributed by atoms with Crippen LogP contribution in [-0.4, -0.2) is 0 Å². The third kappa shape index (κ3) is 0.125. The zero-order chi connectivity index (χ0) is 2.83. The molecule has 0 amide bonds. The fourth-order valence-electron chi connectivity index (χ4n) is 0.204. The summed E-state index contributed by atoms with van der Waals surface area (Å²) in [6, 6.07) is 0. The smallest absolute Gasteiger partial charge is 0.0528 e. The van der Waals surface area contributed by atoms with Crippen molar-refractivity contribution in [2.24, 2.45) is 0 Å². The minimum Gasteiger partial charge on any atom is -0.0528 e. The van der Waals surface area contributed by atoms with Gasteiger partial charge in [0.25, 0.3) is 0 Å². The van der Waals surface area contributed by atoms with E-state index in [1.807, 2.05) is 0 Å². The van der Waals surface area contributed by atoms with Gasteiger partial charge in [-0.3, -0.25) is 0 Å². The van der Waals surface area contributed by atoms with E-state index in [9.17, 15) is 0 Å². The highest BCUT2D eigenvalue weighted by molar-refractivity contribution is 4.74. The predicted molar refractivity (Wildman–Crippen MR) is 19.3 cm³/mol. The molecule has 0 unspecified atom stereocenters. The van der Waals surface area contributed by atoms with Crippen molar-refractivity contribution in [3.63, 3.8) is 0 Å². The maximum Gasteiger partial charge on any atom is 1.00 e. The third-order valence-electron chi connectivity index (χ3n) is 0.816. The van der Waals surface area contributed by atoms with Gasteiger partial charge in [0.05, 0.1) is 0 Å². The van der Waals surface area contributed by atoms with Crippen molar-refractivity contribution < 1.29 is 1.43 Å². The van der Waals surface area contributed by atoms with Crippen LogP contribution in [0.15, 0.2) is 0 Å². The highest BCUT2D eigenvalue weighted by Gasteiger charge is 1.95. The highest BCUT2D eigenvalue weighted by atomic mass is 14.0. The Labute approximate surface area is 28.3 Å².